The Kier molecular flexibility index (Phi) is 11.4. The highest BCUT2D eigenvalue weighted by Gasteiger charge is 2.35. The van der Waals surface area contributed by atoms with Crippen molar-refractivity contribution in [1.82, 2.24) is 10.2 Å². The summed E-state index contributed by atoms with van der Waals surface area (Å²) in [5.41, 5.74) is 4.55. The summed E-state index contributed by atoms with van der Waals surface area (Å²) in [7, 11) is -4.21. The van der Waals surface area contributed by atoms with E-state index in [1.54, 1.807) is 37.3 Å². The number of aryl methyl sites for hydroxylation is 3. The van der Waals surface area contributed by atoms with Crippen molar-refractivity contribution in [3.05, 3.63) is 130 Å². The summed E-state index contributed by atoms with van der Waals surface area (Å²) in [6.07, 6.45) is 0.987. The molecule has 4 aromatic rings. The molecule has 0 bridgehead atoms. The number of anilines is 1. The van der Waals surface area contributed by atoms with Crippen molar-refractivity contribution in [1.29, 1.82) is 0 Å². The topological polar surface area (TPSA) is 86.8 Å². The molecular weight excluding hydrogens is 606 g/mol. The molecule has 45 heavy (non-hydrogen) atoms. The van der Waals surface area contributed by atoms with Crippen molar-refractivity contribution < 1.29 is 18.0 Å². The van der Waals surface area contributed by atoms with E-state index in [2.05, 4.69) is 5.32 Å². The van der Waals surface area contributed by atoms with Crippen LogP contribution in [0.3, 0.4) is 0 Å². The number of hydrogen-bond donors (Lipinski definition) is 1. The van der Waals surface area contributed by atoms with Gasteiger partial charge in [0.25, 0.3) is 10.0 Å². The van der Waals surface area contributed by atoms with Gasteiger partial charge in [-0.05, 0) is 68.1 Å². The van der Waals surface area contributed by atoms with E-state index in [0.717, 1.165) is 33.0 Å². The van der Waals surface area contributed by atoms with Crippen LogP contribution in [-0.4, -0.2) is 44.3 Å². The zero-order valence-electron chi connectivity index (χ0n) is 26.2. The van der Waals surface area contributed by atoms with Gasteiger partial charge >= 0.3 is 0 Å². The van der Waals surface area contributed by atoms with Crippen LogP contribution in [-0.2, 0) is 32.6 Å². The minimum atomic E-state index is -4.21. The molecular formula is C36H40ClN3O4S. The van der Waals surface area contributed by atoms with Gasteiger partial charge in [-0.15, -0.1) is 0 Å². The fourth-order valence-electron chi connectivity index (χ4n) is 5.13. The van der Waals surface area contributed by atoms with Gasteiger partial charge in [0.2, 0.25) is 11.8 Å². The molecule has 236 valence electrons. The molecule has 0 radical (unpaired) electrons. The largest absolute Gasteiger partial charge is 0.354 e. The van der Waals surface area contributed by atoms with Crippen molar-refractivity contribution in [2.24, 2.45) is 0 Å². The number of hydrogen-bond acceptors (Lipinski definition) is 4. The van der Waals surface area contributed by atoms with Gasteiger partial charge in [-0.2, -0.15) is 0 Å². The Balaban J connectivity index is 1.83. The second-order valence-electron chi connectivity index (χ2n) is 11.3. The lowest BCUT2D eigenvalue weighted by Gasteiger charge is -2.34. The number of carbonyl (C=O) groups excluding carboxylic acids is 2. The highest BCUT2D eigenvalue weighted by Crippen LogP contribution is 2.30. The second kappa shape index (κ2) is 15.2. The molecule has 0 spiro atoms. The summed E-state index contributed by atoms with van der Waals surface area (Å²) >= 11 is 6.36. The highest BCUT2D eigenvalue weighted by molar-refractivity contribution is 7.92. The first-order valence-corrected chi connectivity index (χ1v) is 16.8. The molecule has 0 aliphatic heterocycles. The molecule has 0 aliphatic carbocycles. The normalized spacial score (nSPS) is 11.9. The van der Waals surface area contributed by atoms with E-state index in [9.17, 15) is 18.0 Å². The third kappa shape index (κ3) is 8.74. The lowest BCUT2D eigenvalue weighted by molar-refractivity contribution is -0.140. The highest BCUT2D eigenvalue weighted by atomic mass is 35.5. The Morgan fingerprint density at radius 3 is 2.18 bits per heavy atom. The summed E-state index contributed by atoms with van der Waals surface area (Å²) in [6.45, 7) is 7.60. The van der Waals surface area contributed by atoms with Gasteiger partial charge in [0.1, 0.15) is 12.6 Å². The van der Waals surface area contributed by atoms with Gasteiger partial charge in [-0.25, -0.2) is 8.42 Å². The van der Waals surface area contributed by atoms with Crippen molar-refractivity contribution >= 4 is 39.1 Å². The maximum atomic E-state index is 14.6. The van der Waals surface area contributed by atoms with Gasteiger partial charge in [0.05, 0.1) is 10.6 Å². The molecule has 0 saturated heterocycles. The summed E-state index contributed by atoms with van der Waals surface area (Å²) < 4.78 is 29.6. The quantitative estimate of drug-likeness (QED) is 0.177. The number of nitrogens with zero attached hydrogens (tertiary/aromatic N) is 2. The van der Waals surface area contributed by atoms with Crippen molar-refractivity contribution in [2.45, 2.75) is 58.0 Å². The predicted molar refractivity (Wildman–Crippen MR) is 181 cm³/mol. The molecule has 0 fully saturated rings. The molecule has 7 nitrogen and oxygen atoms in total. The molecule has 0 aromatic heterocycles. The van der Waals surface area contributed by atoms with E-state index in [-0.39, 0.29) is 23.8 Å². The Hall–Kier alpha value is -4.14. The Bertz CT molecular complexity index is 1730. The van der Waals surface area contributed by atoms with E-state index in [4.69, 9.17) is 11.6 Å². The molecule has 1 N–H and O–H groups in total. The average molecular weight is 646 g/mol. The summed E-state index contributed by atoms with van der Waals surface area (Å²) in [4.78, 5) is 29.9. The van der Waals surface area contributed by atoms with Gasteiger partial charge in [0, 0.05) is 24.5 Å². The van der Waals surface area contributed by atoms with E-state index in [1.165, 1.54) is 17.0 Å². The fraction of sp³-hybridized carbons (Fsp3) is 0.278. The van der Waals surface area contributed by atoms with Crippen LogP contribution in [0.2, 0.25) is 5.02 Å². The minimum Gasteiger partial charge on any atom is -0.354 e. The average Bonchev–Trinajstić information content (AvgIpc) is 3.02. The summed E-state index contributed by atoms with van der Waals surface area (Å²) in [5, 5.41) is 3.30. The van der Waals surface area contributed by atoms with Crippen LogP contribution < -0.4 is 9.62 Å². The van der Waals surface area contributed by atoms with Crippen LogP contribution in [0.4, 0.5) is 5.69 Å². The molecule has 9 heteroatoms. The molecule has 4 aromatic carbocycles. The molecule has 2 amide bonds. The molecule has 0 heterocycles. The Morgan fingerprint density at radius 2 is 1.51 bits per heavy atom. The van der Waals surface area contributed by atoms with E-state index in [0.29, 0.717) is 22.8 Å². The summed E-state index contributed by atoms with van der Waals surface area (Å²) in [5.74, 6) is -0.812. The monoisotopic (exact) mass is 645 g/mol. The molecule has 0 saturated carbocycles. The smallest absolute Gasteiger partial charge is 0.264 e. The number of benzene rings is 4. The number of sulfonamides is 1. The third-order valence-electron chi connectivity index (χ3n) is 7.58. The van der Waals surface area contributed by atoms with Crippen molar-refractivity contribution in [3.63, 3.8) is 0 Å². The zero-order valence-corrected chi connectivity index (χ0v) is 27.7. The number of carbonyl (C=O) groups is 2. The maximum absolute atomic E-state index is 14.6. The van der Waals surface area contributed by atoms with Crippen molar-refractivity contribution in [3.8, 4) is 0 Å². The molecule has 4 rings (SSSR count). The van der Waals surface area contributed by atoms with Crippen LogP contribution in [0.5, 0.6) is 0 Å². The zero-order chi connectivity index (χ0) is 32.6. The number of nitrogens with one attached hydrogen (secondary N) is 1. The number of rotatable bonds is 13. The van der Waals surface area contributed by atoms with Gasteiger partial charge in [0.15, 0.2) is 0 Å². The summed E-state index contributed by atoms with van der Waals surface area (Å²) in [6, 6.07) is 27.8. The van der Waals surface area contributed by atoms with Crippen LogP contribution >= 0.6 is 11.6 Å². The fourth-order valence-corrected chi connectivity index (χ4v) is 6.77. The van der Waals surface area contributed by atoms with Crippen LogP contribution in [0.1, 0.15) is 41.2 Å². The predicted octanol–water partition coefficient (Wildman–Crippen LogP) is 6.63. The van der Waals surface area contributed by atoms with Crippen LogP contribution in [0.15, 0.2) is 102 Å². The maximum Gasteiger partial charge on any atom is 0.264 e. The first-order chi connectivity index (χ1) is 21.5. The van der Waals surface area contributed by atoms with E-state index in [1.807, 2.05) is 75.4 Å². The number of amides is 2. The lowest BCUT2D eigenvalue weighted by atomic mass is 10.0. The molecule has 0 unspecified atom stereocenters. The van der Waals surface area contributed by atoms with E-state index >= 15 is 0 Å². The first kappa shape index (κ1) is 33.7. The molecule has 1 atom stereocenters. The SMILES string of the molecule is CCCNC(=O)[C@H](Cc1ccccc1)N(Cc1cccc(C)c1)C(=O)CN(c1cc(Cl)ccc1C)S(=O)(=O)c1ccc(C)cc1. The Labute approximate surface area is 271 Å². The van der Waals surface area contributed by atoms with Crippen molar-refractivity contribution in [2.75, 3.05) is 17.4 Å². The van der Waals surface area contributed by atoms with Crippen LogP contribution in [0.25, 0.3) is 0 Å². The second-order valence-corrected chi connectivity index (χ2v) is 13.6. The van der Waals surface area contributed by atoms with Crippen LogP contribution in [0, 0.1) is 20.8 Å². The third-order valence-corrected chi connectivity index (χ3v) is 9.59. The Morgan fingerprint density at radius 1 is 0.822 bits per heavy atom. The minimum absolute atomic E-state index is 0.0482. The first-order valence-electron chi connectivity index (χ1n) is 15.0. The van der Waals surface area contributed by atoms with E-state index < -0.39 is 28.5 Å². The van der Waals surface area contributed by atoms with Gasteiger partial charge < -0.3 is 10.2 Å². The molecule has 0 aliphatic rings. The number of halogens is 1. The van der Waals surface area contributed by atoms with Gasteiger partial charge in [-0.3, -0.25) is 13.9 Å². The lowest BCUT2D eigenvalue weighted by Crippen LogP contribution is -2.53. The van der Waals surface area contributed by atoms with Gasteiger partial charge in [-0.1, -0.05) is 102 Å². The standard InChI is InChI=1S/C36H40ClN3O4S/c1-5-20-38-36(42)34(22-29-11-7-6-8-12-29)39(24-30-13-9-10-27(3)21-30)35(41)25-40(33-23-31(37)17-16-28(33)4)45(43,44)32-18-14-26(2)15-19-32/h6-19,21,23,34H,5,20,22,24-25H2,1-4H3,(H,38,42)/t34-/m0/s1.